The van der Waals surface area contributed by atoms with E-state index >= 15 is 0 Å². The highest BCUT2D eigenvalue weighted by atomic mass is 32.1. The third-order valence-corrected chi connectivity index (χ3v) is 7.15. The van der Waals surface area contributed by atoms with Gasteiger partial charge in [0.15, 0.2) is 0 Å². The van der Waals surface area contributed by atoms with E-state index in [0.29, 0.717) is 0 Å². The molecule has 0 bridgehead atoms. The molecule has 0 spiro atoms. The van der Waals surface area contributed by atoms with E-state index in [1.807, 2.05) is 22.7 Å². The molecule has 0 unspecified atom stereocenters. The molecule has 5 rings (SSSR count). The number of fused-ring (bicyclic) bond motifs is 5. The lowest BCUT2D eigenvalue weighted by atomic mass is 10.0. The molecule has 2 heteroatoms. The van der Waals surface area contributed by atoms with Crippen LogP contribution in [0.15, 0.2) is 42.5 Å². The van der Waals surface area contributed by atoms with Crippen molar-refractivity contribution >= 4 is 57.8 Å². The average molecular weight is 320 g/mol. The first-order valence-corrected chi connectivity index (χ1v) is 9.48. The predicted octanol–water partition coefficient (Wildman–Crippen LogP) is 7.14. The summed E-state index contributed by atoms with van der Waals surface area (Å²) >= 11 is 3.91. The summed E-state index contributed by atoms with van der Waals surface area (Å²) in [4.78, 5) is 0. The topological polar surface area (TPSA) is 0 Å². The highest BCUT2D eigenvalue weighted by molar-refractivity contribution is 7.36. The molecule has 0 atom stereocenters. The maximum Gasteiger partial charge on any atom is 0.0542 e. The van der Waals surface area contributed by atoms with Crippen LogP contribution in [0.4, 0.5) is 0 Å². The number of thiophene rings is 2. The van der Waals surface area contributed by atoms with Crippen molar-refractivity contribution < 1.29 is 0 Å². The first-order valence-electron chi connectivity index (χ1n) is 7.84. The fraction of sp³-hybridized carbons (Fsp3) is 0.200. The van der Waals surface area contributed by atoms with Gasteiger partial charge in [0.05, 0.1) is 9.40 Å². The third kappa shape index (κ3) is 1.81. The van der Waals surface area contributed by atoms with Crippen LogP contribution >= 0.6 is 22.7 Å². The number of allylic oxidation sites excluding steroid dienone is 2. The van der Waals surface area contributed by atoms with E-state index in [2.05, 4.69) is 49.4 Å². The summed E-state index contributed by atoms with van der Waals surface area (Å²) in [6.45, 7) is 2.17. The van der Waals surface area contributed by atoms with E-state index in [1.54, 1.807) is 5.57 Å². The molecule has 0 nitrogen and oxygen atoms in total. The fourth-order valence-electron chi connectivity index (χ4n) is 3.50. The van der Waals surface area contributed by atoms with Gasteiger partial charge >= 0.3 is 0 Å². The summed E-state index contributed by atoms with van der Waals surface area (Å²) in [5.74, 6) is 0. The molecule has 1 aliphatic carbocycles. The minimum atomic E-state index is 1.24. The molecule has 4 aromatic rings. The van der Waals surface area contributed by atoms with E-state index in [0.717, 1.165) is 0 Å². The second-order valence-electron chi connectivity index (χ2n) is 6.19. The minimum Gasteiger partial charge on any atom is -0.134 e. The largest absolute Gasteiger partial charge is 0.134 e. The SMILES string of the molecule is Cc1ccc2c(c1)sc1c3ccc(C4=CCCC4)cc3sc21. The van der Waals surface area contributed by atoms with Crippen LogP contribution in [0.2, 0.25) is 0 Å². The molecule has 0 amide bonds. The quantitative estimate of drug-likeness (QED) is 0.349. The van der Waals surface area contributed by atoms with Crippen LogP contribution < -0.4 is 0 Å². The van der Waals surface area contributed by atoms with Crippen molar-refractivity contribution in [2.24, 2.45) is 0 Å². The molecule has 0 saturated heterocycles. The molecule has 0 saturated carbocycles. The Labute approximate surface area is 137 Å². The summed E-state index contributed by atoms with van der Waals surface area (Å²) in [6, 6.07) is 13.9. The number of hydrogen-bond acceptors (Lipinski definition) is 2. The minimum absolute atomic E-state index is 1.24. The molecule has 0 radical (unpaired) electrons. The van der Waals surface area contributed by atoms with Crippen molar-refractivity contribution in [2.75, 3.05) is 0 Å². The first-order chi connectivity index (χ1) is 10.8. The Bertz CT molecular complexity index is 1060. The summed E-state index contributed by atoms with van der Waals surface area (Å²) in [7, 11) is 0. The number of hydrogen-bond donors (Lipinski definition) is 0. The molecule has 2 heterocycles. The normalized spacial score (nSPS) is 15.2. The van der Waals surface area contributed by atoms with Gasteiger partial charge in [0.2, 0.25) is 0 Å². The zero-order chi connectivity index (χ0) is 14.7. The van der Waals surface area contributed by atoms with Gasteiger partial charge in [0.1, 0.15) is 0 Å². The van der Waals surface area contributed by atoms with Crippen molar-refractivity contribution in [2.45, 2.75) is 26.2 Å². The fourth-order valence-corrected chi connectivity index (χ4v) is 6.29. The van der Waals surface area contributed by atoms with Crippen LogP contribution in [-0.4, -0.2) is 0 Å². The number of rotatable bonds is 1. The summed E-state index contributed by atoms with van der Waals surface area (Å²) in [5, 5.41) is 2.86. The molecule has 2 aromatic heterocycles. The third-order valence-electron chi connectivity index (χ3n) is 4.65. The van der Waals surface area contributed by atoms with Crippen molar-refractivity contribution in [1.29, 1.82) is 0 Å². The van der Waals surface area contributed by atoms with Crippen molar-refractivity contribution in [3.05, 3.63) is 53.6 Å². The van der Waals surface area contributed by atoms with Crippen molar-refractivity contribution in [3.63, 3.8) is 0 Å². The van der Waals surface area contributed by atoms with Gasteiger partial charge in [0.25, 0.3) is 0 Å². The van der Waals surface area contributed by atoms with Gasteiger partial charge in [-0.3, -0.25) is 0 Å². The lowest BCUT2D eigenvalue weighted by Crippen LogP contribution is -1.79. The van der Waals surface area contributed by atoms with Gasteiger partial charge < -0.3 is 0 Å². The standard InChI is InChI=1S/C20H16S2/c1-12-6-8-15-17(10-12)21-20-16-9-7-14(13-4-2-3-5-13)11-18(16)22-19(15)20/h4,6-11H,2-3,5H2,1H3. The molecule has 0 N–H and O–H groups in total. The molecular weight excluding hydrogens is 304 g/mol. The van der Waals surface area contributed by atoms with Gasteiger partial charge in [-0.2, -0.15) is 0 Å². The van der Waals surface area contributed by atoms with E-state index in [-0.39, 0.29) is 0 Å². The van der Waals surface area contributed by atoms with Crippen LogP contribution in [0.1, 0.15) is 30.4 Å². The lowest BCUT2D eigenvalue weighted by Gasteiger charge is -2.02. The number of aryl methyl sites for hydroxylation is 1. The Balaban J connectivity index is 1.79. The Morgan fingerprint density at radius 2 is 1.59 bits per heavy atom. The van der Waals surface area contributed by atoms with Crippen LogP contribution in [0.5, 0.6) is 0 Å². The van der Waals surface area contributed by atoms with E-state index in [4.69, 9.17) is 0 Å². The Kier molecular flexibility index (Phi) is 2.73. The van der Waals surface area contributed by atoms with Crippen molar-refractivity contribution in [1.82, 2.24) is 0 Å². The van der Waals surface area contributed by atoms with Gasteiger partial charge in [-0.15, -0.1) is 22.7 Å². The predicted molar refractivity (Wildman–Crippen MR) is 101 cm³/mol. The first kappa shape index (κ1) is 12.9. The average Bonchev–Trinajstić information content (AvgIpc) is 3.20. The smallest absolute Gasteiger partial charge is 0.0542 e. The lowest BCUT2D eigenvalue weighted by molar-refractivity contribution is 0.935. The van der Waals surface area contributed by atoms with Gasteiger partial charge in [0, 0.05) is 20.2 Å². The van der Waals surface area contributed by atoms with E-state index in [9.17, 15) is 0 Å². The monoisotopic (exact) mass is 320 g/mol. The number of benzene rings is 2. The zero-order valence-electron chi connectivity index (χ0n) is 12.5. The molecule has 108 valence electrons. The maximum absolute atomic E-state index is 2.41. The molecule has 22 heavy (non-hydrogen) atoms. The zero-order valence-corrected chi connectivity index (χ0v) is 14.1. The highest BCUT2D eigenvalue weighted by Gasteiger charge is 2.14. The van der Waals surface area contributed by atoms with Gasteiger partial charge in [-0.05, 0) is 55.0 Å². The van der Waals surface area contributed by atoms with Crippen LogP contribution in [0.25, 0.3) is 35.1 Å². The van der Waals surface area contributed by atoms with Crippen molar-refractivity contribution in [3.8, 4) is 0 Å². The summed E-state index contributed by atoms with van der Waals surface area (Å²) in [5.41, 5.74) is 4.32. The maximum atomic E-state index is 2.41. The van der Waals surface area contributed by atoms with Crippen LogP contribution in [-0.2, 0) is 0 Å². The molecule has 0 fully saturated rings. The second kappa shape index (κ2) is 4.68. The van der Waals surface area contributed by atoms with Gasteiger partial charge in [-0.1, -0.05) is 30.3 Å². The summed E-state index contributed by atoms with van der Waals surface area (Å²) < 4.78 is 5.79. The molecule has 1 aliphatic rings. The summed E-state index contributed by atoms with van der Waals surface area (Å²) in [6.07, 6.45) is 6.22. The van der Waals surface area contributed by atoms with Crippen LogP contribution in [0.3, 0.4) is 0 Å². The van der Waals surface area contributed by atoms with E-state index in [1.165, 1.54) is 60.0 Å². The molecular formula is C20H16S2. The Hall–Kier alpha value is -1.64. The second-order valence-corrected chi connectivity index (χ2v) is 8.30. The van der Waals surface area contributed by atoms with Crippen LogP contribution in [0, 0.1) is 6.92 Å². The molecule has 0 aliphatic heterocycles. The van der Waals surface area contributed by atoms with Gasteiger partial charge in [-0.25, -0.2) is 0 Å². The Morgan fingerprint density at radius 1 is 0.864 bits per heavy atom. The highest BCUT2D eigenvalue weighted by Crippen LogP contribution is 2.45. The van der Waals surface area contributed by atoms with E-state index < -0.39 is 0 Å². The Morgan fingerprint density at radius 3 is 2.32 bits per heavy atom. The molecule has 2 aromatic carbocycles.